The minimum Gasteiger partial charge on any atom is -0.293 e. The molecule has 1 amide bonds. The number of nitrogens with one attached hydrogen (secondary N) is 1. The molecule has 0 fully saturated rings. The topological polar surface area (TPSA) is 92.5 Å². The molecule has 2 rings (SSSR count). The van der Waals surface area contributed by atoms with E-state index in [9.17, 15) is 13.2 Å². The summed E-state index contributed by atoms with van der Waals surface area (Å²) in [5, 5.41) is 0.143. The Balaban J connectivity index is 2.71. The Bertz CT molecular complexity index is 969. The molecule has 0 aliphatic carbocycles. The molecule has 0 unspecified atom stereocenters. The van der Waals surface area contributed by atoms with Crippen LogP contribution < -0.4 is 15.6 Å². The fraction of sp³-hybridized carbons (Fsp3) is 0.0714. The van der Waals surface area contributed by atoms with Crippen LogP contribution in [0, 0.1) is 0 Å². The zero-order chi connectivity index (χ0) is 19.6. The van der Waals surface area contributed by atoms with Crippen LogP contribution in [-0.4, -0.2) is 20.9 Å². The molecule has 12 heteroatoms. The Morgan fingerprint density at radius 1 is 0.962 bits per heavy atom. The van der Waals surface area contributed by atoms with Crippen molar-refractivity contribution in [2.24, 2.45) is 5.84 Å². The van der Waals surface area contributed by atoms with Crippen LogP contribution >= 0.6 is 58.0 Å². The summed E-state index contributed by atoms with van der Waals surface area (Å²) in [7, 11) is -4.35. The van der Waals surface area contributed by atoms with Gasteiger partial charge in [0, 0.05) is 5.02 Å². The fourth-order valence-electron chi connectivity index (χ4n) is 1.97. The molecule has 0 bridgehead atoms. The highest BCUT2D eigenvalue weighted by Crippen LogP contribution is 2.38. The minimum atomic E-state index is -4.35. The smallest absolute Gasteiger partial charge is 0.266 e. The van der Waals surface area contributed by atoms with Crippen molar-refractivity contribution in [2.45, 2.75) is 4.90 Å². The lowest BCUT2D eigenvalue weighted by molar-refractivity contribution is -0.119. The first-order chi connectivity index (χ1) is 12.1. The first-order valence-corrected chi connectivity index (χ1v) is 10.0. The number of benzene rings is 2. The highest BCUT2D eigenvalue weighted by atomic mass is 35.5. The molecule has 0 saturated carbocycles. The zero-order valence-electron chi connectivity index (χ0n) is 12.6. The molecule has 0 heterocycles. The third-order valence-electron chi connectivity index (χ3n) is 3.17. The lowest BCUT2D eigenvalue weighted by Crippen LogP contribution is -2.43. The number of anilines is 1. The second-order valence-electron chi connectivity index (χ2n) is 4.87. The largest absolute Gasteiger partial charge is 0.293 e. The molecule has 0 aromatic heterocycles. The molecule has 140 valence electrons. The maximum absolute atomic E-state index is 13.1. The summed E-state index contributed by atoms with van der Waals surface area (Å²) in [6, 6.07) is 6.35. The molecule has 26 heavy (non-hydrogen) atoms. The van der Waals surface area contributed by atoms with E-state index >= 15 is 0 Å². The second kappa shape index (κ2) is 8.39. The lowest BCUT2D eigenvalue weighted by atomic mass is 10.3. The second-order valence-corrected chi connectivity index (χ2v) is 8.77. The molecule has 2 aromatic carbocycles. The van der Waals surface area contributed by atoms with Crippen LogP contribution in [0.4, 0.5) is 5.69 Å². The van der Waals surface area contributed by atoms with Gasteiger partial charge in [0.1, 0.15) is 11.4 Å². The summed E-state index contributed by atoms with van der Waals surface area (Å²) in [6.07, 6.45) is 0. The predicted molar refractivity (Wildman–Crippen MR) is 105 cm³/mol. The maximum Gasteiger partial charge on any atom is 0.266 e. The van der Waals surface area contributed by atoms with Gasteiger partial charge < -0.3 is 0 Å². The predicted octanol–water partition coefficient (Wildman–Crippen LogP) is 4.14. The van der Waals surface area contributed by atoms with E-state index in [1.54, 1.807) is 0 Å². The van der Waals surface area contributed by atoms with Gasteiger partial charge >= 0.3 is 0 Å². The van der Waals surface area contributed by atoms with Gasteiger partial charge in [-0.2, -0.15) is 0 Å². The summed E-state index contributed by atoms with van der Waals surface area (Å²) in [5.41, 5.74) is 1.77. The van der Waals surface area contributed by atoms with Gasteiger partial charge in [0.25, 0.3) is 15.9 Å². The zero-order valence-corrected chi connectivity index (χ0v) is 17.2. The summed E-state index contributed by atoms with van der Waals surface area (Å²) < 4.78 is 27.0. The van der Waals surface area contributed by atoms with Crippen LogP contribution in [0.1, 0.15) is 0 Å². The number of nitrogens with two attached hydrogens (primary N) is 1. The van der Waals surface area contributed by atoms with Crippen LogP contribution in [0.5, 0.6) is 0 Å². The van der Waals surface area contributed by atoms with Gasteiger partial charge in [0.2, 0.25) is 0 Å². The van der Waals surface area contributed by atoms with Crippen LogP contribution in [0.2, 0.25) is 25.1 Å². The molecule has 0 spiro atoms. The summed E-state index contributed by atoms with van der Waals surface area (Å²) in [6.45, 7) is -0.681. The van der Waals surface area contributed by atoms with Gasteiger partial charge in [-0.1, -0.05) is 58.0 Å². The van der Waals surface area contributed by atoms with Crippen molar-refractivity contribution in [3.8, 4) is 0 Å². The van der Waals surface area contributed by atoms with Crippen molar-refractivity contribution in [3.05, 3.63) is 55.4 Å². The normalized spacial score (nSPS) is 11.3. The van der Waals surface area contributed by atoms with Gasteiger partial charge in [-0.05, 0) is 30.3 Å². The molecule has 6 nitrogen and oxygen atoms in total. The molecule has 2 aromatic rings. The van der Waals surface area contributed by atoms with E-state index in [0.29, 0.717) is 4.31 Å². The van der Waals surface area contributed by atoms with Crippen LogP contribution in [0.25, 0.3) is 0 Å². The Kier molecular flexibility index (Phi) is 6.90. The number of hydrogen-bond donors (Lipinski definition) is 2. The fourth-order valence-corrected chi connectivity index (χ4v) is 4.84. The van der Waals surface area contributed by atoms with E-state index in [1.807, 2.05) is 5.43 Å². The number of hydrazine groups is 1. The summed E-state index contributed by atoms with van der Waals surface area (Å²) in [4.78, 5) is 11.5. The highest BCUT2D eigenvalue weighted by molar-refractivity contribution is 7.93. The number of rotatable bonds is 5. The number of nitrogens with zero attached hydrogens (tertiary/aromatic N) is 1. The number of carbonyl (C=O) groups excluding carboxylic acids is 1. The van der Waals surface area contributed by atoms with Gasteiger partial charge in [-0.15, -0.1) is 0 Å². The molecule has 0 radical (unpaired) electrons. The Morgan fingerprint density at radius 3 is 2.19 bits per heavy atom. The van der Waals surface area contributed by atoms with E-state index in [-0.39, 0.29) is 35.7 Å². The minimum absolute atomic E-state index is 0.0385. The van der Waals surface area contributed by atoms with Crippen molar-refractivity contribution in [3.63, 3.8) is 0 Å². The third-order valence-corrected chi connectivity index (χ3v) is 6.67. The molecular weight excluding hydrogens is 468 g/mol. The van der Waals surface area contributed by atoms with Gasteiger partial charge in [0.05, 0.1) is 25.8 Å². The molecular formula is C14H10Cl5N3O3S. The SMILES string of the molecule is NNC(=O)CN(c1cc(Cl)c(Cl)cc1Cl)S(=O)(=O)c1cc(Cl)ccc1Cl. The summed E-state index contributed by atoms with van der Waals surface area (Å²) in [5.74, 6) is 4.28. The number of carbonyl (C=O) groups is 1. The van der Waals surface area contributed by atoms with Crippen molar-refractivity contribution in [1.82, 2.24) is 5.43 Å². The van der Waals surface area contributed by atoms with Crippen molar-refractivity contribution in [1.29, 1.82) is 0 Å². The first kappa shape index (κ1) is 21.4. The van der Waals surface area contributed by atoms with Crippen molar-refractivity contribution in [2.75, 3.05) is 10.8 Å². The van der Waals surface area contributed by atoms with E-state index in [1.165, 1.54) is 24.3 Å². The monoisotopic (exact) mass is 475 g/mol. The quantitative estimate of drug-likeness (QED) is 0.293. The Morgan fingerprint density at radius 2 is 1.58 bits per heavy atom. The molecule has 3 N–H and O–H groups in total. The van der Waals surface area contributed by atoms with Crippen LogP contribution in [0.15, 0.2) is 35.2 Å². The highest BCUT2D eigenvalue weighted by Gasteiger charge is 2.31. The first-order valence-electron chi connectivity index (χ1n) is 6.69. The lowest BCUT2D eigenvalue weighted by Gasteiger charge is -2.25. The van der Waals surface area contributed by atoms with E-state index < -0.39 is 22.5 Å². The molecule has 0 atom stereocenters. The molecule has 0 aliphatic heterocycles. The van der Waals surface area contributed by atoms with E-state index in [4.69, 9.17) is 63.8 Å². The average Bonchev–Trinajstić information content (AvgIpc) is 2.58. The number of halogens is 5. The van der Waals surface area contributed by atoms with E-state index in [0.717, 1.165) is 6.07 Å². The number of hydrogen-bond acceptors (Lipinski definition) is 4. The molecule has 0 saturated heterocycles. The maximum atomic E-state index is 13.1. The van der Waals surface area contributed by atoms with Gasteiger partial charge in [-0.3, -0.25) is 14.5 Å². The standard InChI is InChI=1S/C14H10Cl5N3O3S/c15-7-1-2-8(16)13(3-7)26(24,25)22(6-14(23)21-20)12-5-10(18)9(17)4-11(12)19/h1-5H,6,20H2,(H,21,23). The molecule has 0 aliphatic rings. The Hall–Kier alpha value is -0.930. The summed E-state index contributed by atoms with van der Waals surface area (Å²) >= 11 is 29.9. The average molecular weight is 478 g/mol. The number of sulfonamides is 1. The van der Waals surface area contributed by atoms with Crippen LogP contribution in [0.3, 0.4) is 0 Å². The third kappa shape index (κ3) is 4.48. The van der Waals surface area contributed by atoms with Gasteiger partial charge in [-0.25, -0.2) is 14.3 Å². The van der Waals surface area contributed by atoms with Gasteiger partial charge in [0.15, 0.2) is 0 Å². The Labute approximate surface area is 174 Å². The van der Waals surface area contributed by atoms with E-state index in [2.05, 4.69) is 0 Å². The number of amides is 1. The van der Waals surface area contributed by atoms with Crippen molar-refractivity contribution >= 4 is 79.6 Å². The van der Waals surface area contributed by atoms with Crippen LogP contribution in [-0.2, 0) is 14.8 Å². The van der Waals surface area contributed by atoms with Crippen molar-refractivity contribution < 1.29 is 13.2 Å².